The first-order valence-corrected chi connectivity index (χ1v) is 13.5. The molecule has 2 heterocycles. The fourth-order valence-corrected chi connectivity index (χ4v) is 5.12. The van der Waals surface area contributed by atoms with Crippen LogP contribution in [0, 0.1) is 18.8 Å². The van der Waals surface area contributed by atoms with E-state index in [1.807, 2.05) is 61.2 Å². The Labute approximate surface area is 224 Å². The van der Waals surface area contributed by atoms with Crippen molar-refractivity contribution in [3.8, 4) is 11.5 Å². The summed E-state index contributed by atoms with van der Waals surface area (Å²) in [5.41, 5.74) is 6.44. The molecule has 3 aromatic carbocycles. The number of nitrogens with one attached hydrogen (secondary N) is 1. The molecule has 5 rings (SSSR count). The lowest BCUT2D eigenvalue weighted by Crippen LogP contribution is -2.42. The van der Waals surface area contributed by atoms with Crippen molar-refractivity contribution >= 4 is 22.9 Å². The zero-order chi connectivity index (χ0) is 26.6. The molecular weight excluding hydrogens is 474 g/mol. The highest BCUT2D eigenvalue weighted by molar-refractivity contribution is 5.97. The molecule has 1 aliphatic heterocycles. The number of hydrogen-bond acceptors (Lipinski definition) is 4. The standard InChI is InChI=1S/C32H35N3O3/c1-4-23-7-9-24(10-8-23)20-33-30(36)22(3)25-15-17-35(18-16-25)32(37)27-13-14-29-28(19-27)34-31(38-29)26-11-5-21(2)6-12-26/h5-14,19,22,25H,4,15-18,20H2,1-3H3,(H,33,36)/t22-/m0/s1. The van der Waals surface area contributed by atoms with Crippen LogP contribution in [0.1, 0.15) is 53.7 Å². The number of carbonyl (C=O) groups is 2. The van der Waals surface area contributed by atoms with E-state index in [-0.39, 0.29) is 23.7 Å². The maximum absolute atomic E-state index is 13.3. The Morgan fingerprint density at radius 1 is 1.00 bits per heavy atom. The molecule has 38 heavy (non-hydrogen) atoms. The summed E-state index contributed by atoms with van der Waals surface area (Å²) in [6.45, 7) is 8.01. The highest BCUT2D eigenvalue weighted by Crippen LogP contribution is 2.28. The summed E-state index contributed by atoms with van der Waals surface area (Å²) in [4.78, 5) is 32.6. The van der Waals surface area contributed by atoms with Crippen LogP contribution >= 0.6 is 0 Å². The van der Waals surface area contributed by atoms with Crippen molar-refractivity contribution in [1.29, 1.82) is 0 Å². The zero-order valence-electron chi connectivity index (χ0n) is 22.4. The molecule has 0 spiro atoms. The van der Waals surface area contributed by atoms with Gasteiger partial charge in [-0.25, -0.2) is 4.98 Å². The Bertz CT molecular complexity index is 1410. The molecule has 1 aromatic heterocycles. The number of fused-ring (bicyclic) bond motifs is 1. The van der Waals surface area contributed by atoms with E-state index in [4.69, 9.17) is 4.42 Å². The Morgan fingerprint density at radius 2 is 1.68 bits per heavy atom. The number of oxazole rings is 1. The number of benzene rings is 3. The van der Waals surface area contributed by atoms with Gasteiger partial charge in [0, 0.05) is 36.7 Å². The number of aromatic nitrogens is 1. The van der Waals surface area contributed by atoms with Gasteiger partial charge in [0.1, 0.15) is 5.52 Å². The van der Waals surface area contributed by atoms with Gasteiger partial charge in [0.05, 0.1) is 0 Å². The monoisotopic (exact) mass is 509 g/mol. The first-order valence-electron chi connectivity index (χ1n) is 13.5. The third kappa shape index (κ3) is 5.64. The Kier molecular flexibility index (Phi) is 7.59. The van der Waals surface area contributed by atoms with E-state index in [0.717, 1.165) is 30.4 Å². The smallest absolute Gasteiger partial charge is 0.253 e. The maximum Gasteiger partial charge on any atom is 0.253 e. The number of aryl methyl sites for hydroxylation is 2. The molecule has 1 N–H and O–H groups in total. The highest BCUT2D eigenvalue weighted by Gasteiger charge is 2.30. The van der Waals surface area contributed by atoms with Gasteiger partial charge in [0.15, 0.2) is 5.58 Å². The maximum atomic E-state index is 13.3. The fraction of sp³-hybridized carbons (Fsp3) is 0.344. The van der Waals surface area contributed by atoms with Crippen molar-refractivity contribution in [2.45, 2.75) is 46.6 Å². The van der Waals surface area contributed by atoms with Crippen molar-refractivity contribution < 1.29 is 14.0 Å². The number of amides is 2. The van der Waals surface area contributed by atoms with Crippen LogP contribution in [0.15, 0.2) is 71.1 Å². The lowest BCUT2D eigenvalue weighted by Gasteiger charge is -2.34. The SMILES string of the molecule is CCc1ccc(CNC(=O)[C@@H](C)C2CCN(C(=O)c3ccc4oc(-c5ccc(C)cc5)nc4c3)CC2)cc1. The molecule has 1 saturated heterocycles. The molecule has 0 saturated carbocycles. The minimum Gasteiger partial charge on any atom is -0.436 e. The second-order valence-corrected chi connectivity index (χ2v) is 10.4. The molecule has 196 valence electrons. The van der Waals surface area contributed by atoms with Crippen LogP contribution in [-0.4, -0.2) is 34.8 Å². The molecule has 6 heteroatoms. The predicted octanol–water partition coefficient (Wildman–Crippen LogP) is 6.17. The Morgan fingerprint density at radius 3 is 2.37 bits per heavy atom. The number of nitrogens with zero attached hydrogens (tertiary/aromatic N) is 2. The summed E-state index contributed by atoms with van der Waals surface area (Å²) in [6.07, 6.45) is 2.64. The fourth-order valence-electron chi connectivity index (χ4n) is 5.12. The second kappa shape index (κ2) is 11.2. The molecular formula is C32H35N3O3. The quantitative estimate of drug-likeness (QED) is 0.323. The van der Waals surface area contributed by atoms with E-state index in [0.29, 0.717) is 42.2 Å². The molecule has 1 atom stereocenters. The molecule has 0 bridgehead atoms. The van der Waals surface area contributed by atoms with Gasteiger partial charge in [-0.1, -0.05) is 55.8 Å². The van der Waals surface area contributed by atoms with Gasteiger partial charge < -0.3 is 14.6 Å². The third-order valence-electron chi connectivity index (χ3n) is 7.78. The van der Waals surface area contributed by atoms with E-state index < -0.39 is 0 Å². The lowest BCUT2D eigenvalue weighted by molar-refractivity contribution is -0.126. The minimum atomic E-state index is -0.0890. The van der Waals surface area contributed by atoms with Crippen LogP contribution < -0.4 is 5.32 Å². The summed E-state index contributed by atoms with van der Waals surface area (Å²) in [7, 11) is 0. The number of carbonyl (C=O) groups excluding carboxylic acids is 2. The van der Waals surface area contributed by atoms with Crippen molar-refractivity contribution in [1.82, 2.24) is 15.2 Å². The van der Waals surface area contributed by atoms with Crippen molar-refractivity contribution in [2.75, 3.05) is 13.1 Å². The van der Waals surface area contributed by atoms with Crippen LogP contribution in [-0.2, 0) is 17.8 Å². The average Bonchev–Trinajstić information content (AvgIpc) is 3.39. The van der Waals surface area contributed by atoms with Gasteiger partial charge in [-0.2, -0.15) is 0 Å². The normalized spacial score (nSPS) is 15.0. The number of hydrogen-bond donors (Lipinski definition) is 1. The van der Waals surface area contributed by atoms with Gasteiger partial charge in [-0.15, -0.1) is 0 Å². The number of piperidine rings is 1. The van der Waals surface area contributed by atoms with Crippen LogP contribution in [0.25, 0.3) is 22.6 Å². The molecule has 1 fully saturated rings. The number of rotatable bonds is 7. The van der Waals surface area contributed by atoms with Crippen molar-refractivity contribution in [3.05, 3.63) is 89.0 Å². The predicted molar refractivity (Wildman–Crippen MR) is 150 cm³/mol. The van der Waals surface area contributed by atoms with E-state index in [9.17, 15) is 9.59 Å². The molecule has 6 nitrogen and oxygen atoms in total. The van der Waals surface area contributed by atoms with Crippen LogP contribution in [0.2, 0.25) is 0 Å². The molecule has 1 aliphatic rings. The van der Waals surface area contributed by atoms with Gasteiger partial charge in [-0.05, 0) is 73.6 Å². The summed E-state index contributed by atoms with van der Waals surface area (Å²) in [6, 6.07) is 21.8. The van der Waals surface area contributed by atoms with E-state index >= 15 is 0 Å². The number of likely N-dealkylation sites (tertiary alicyclic amines) is 1. The minimum absolute atomic E-state index is 0.00198. The lowest BCUT2D eigenvalue weighted by atomic mass is 9.84. The molecule has 0 aliphatic carbocycles. The van der Waals surface area contributed by atoms with E-state index in [2.05, 4.69) is 41.5 Å². The molecule has 2 amide bonds. The van der Waals surface area contributed by atoms with Gasteiger partial charge in [0.25, 0.3) is 5.91 Å². The van der Waals surface area contributed by atoms with Gasteiger partial charge in [0.2, 0.25) is 11.8 Å². The average molecular weight is 510 g/mol. The second-order valence-electron chi connectivity index (χ2n) is 10.4. The molecule has 0 radical (unpaired) electrons. The van der Waals surface area contributed by atoms with E-state index in [1.54, 1.807) is 0 Å². The first-order chi connectivity index (χ1) is 18.4. The van der Waals surface area contributed by atoms with Crippen LogP contribution in [0.4, 0.5) is 0 Å². The summed E-state index contributed by atoms with van der Waals surface area (Å²) in [5.74, 6) is 0.800. The summed E-state index contributed by atoms with van der Waals surface area (Å²) < 4.78 is 5.92. The summed E-state index contributed by atoms with van der Waals surface area (Å²) in [5, 5.41) is 3.09. The Hall–Kier alpha value is -3.93. The van der Waals surface area contributed by atoms with Crippen molar-refractivity contribution in [3.63, 3.8) is 0 Å². The molecule has 4 aromatic rings. The zero-order valence-corrected chi connectivity index (χ0v) is 22.4. The van der Waals surface area contributed by atoms with Crippen molar-refractivity contribution in [2.24, 2.45) is 11.8 Å². The van der Waals surface area contributed by atoms with Gasteiger partial charge >= 0.3 is 0 Å². The third-order valence-corrected chi connectivity index (χ3v) is 7.78. The molecule has 0 unspecified atom stereocenters. The van der Waals surface area contributed by atoms with Crippen LogP contribution in [0.3, 0.4) is 0 Å². The highest BCUT2D eigenvalue weighted by atomic mass is 16.3. The van der Waals surface area contributed by atoms with Crippen LogP contribution in [0.5, 0.6) is 0 Å². The van der Waals surface area contributed by atoms with Gasteiger partial charge in [-0.3, -0.25) is 9.59 Å². The van der Waals surface area contributed by atoms with E-state index in [1.165, 1.54) is 11.1 Å². The first kappa shape index (κ1) is 25.7. The summed E-state index contributed by atoms with van der Waals surface area (Å²) >= 11 is 0. The largest absolute Gasteiger partial charge is 0.436 e. The Balaban J connectivity index is 1.16. The topological polar surface area (TPSA) is 75.4 Å².